The maximum Gasteiger partial charge on any atom is 0.238 e. The normalized spacial score (nSPS) is 12.5. The number of anilines is 2. The molecule has 194 valence electrons. The van der Waals surface area contributed by atoms with Crippen molar-refractivity contribution < 1.29 is 17.7 Å². The number of nitrogens with one attached hydrogen (secondary N) is 1. The van der Waals surface area contributed by atoms with Gasteiger partial charge in [-0.2, -0.15) is 5.26 Å². The van der Waals surface area contributed by atoms with Gasteiger partial charge in [-0.15, -0.1) is 0 Å². The van der Waals surface area contributed by atoms with E-state index in [4.69, 9.17) is 10.5 Å². The molecule has 2 heterocycles. The summed E-state index contributed by atoms with van der Waals surface area (Å²) >= 11 is 0. The third kappa shape index (κ3) is 4.83. The van der Waals surface area contributed by atoms with Crippen molar-refractivity contribution in [1.29, 1.82) is 5.26 Å². The lowest BCUT2D eigenvalue weighted by Gasteiger charge is -2.17. The number of rotatable bonds is 6. The monoisotopic (exact) mass is 541 g/mol. The fraction of sp³-hybridized carbons (Fsp3) is 0.0345. The second-order valence-electron chi connectivity index (χ2n) is 8.59. The fourth-order valence-electron chi connectivity index (χ4n) is 4.30. The molecule has 0 spiro atoms. The van der Waals surface area contributed by atoms with Crippen molar-refractivity contribution in [3.8, 4) is 34.2 Å². The van der Waals surface area contributed by atoms with E-state index in [9.17, 15) is 18.3 Å². The number of nitrogens with zero attached hydrogens (tertiary/aromatic N) is 3. The molecule has 0 radical (unpaired) electrons. The number of nitriles is 1. The number of pyridine rings is 2. The Labute approximate surface area is 223 Å². The minimum Gasteiger partial charge on any atom is -0.480 e. The first-order valence-electron chi connectivity index (χ1n) is 11.5. The summed E-state index contributed by atoms with van der Waals surface area (Å²) in [6, 6.07) is 21.2. The van der Waals surface area contributed by atoms with Crippen LogP contribution in [0.4, 0.5) is 20.3 Å². The molecule has 5 rings (SSSR count). The lowest BCUT2D eigenvalue weighted by atomic mass is 9.95. The van der Waals surface area contributed by atoms with Crippen LogP contribution in [0, 0.1) is 23.0 Å². The smallest absolute Gasteiger partial charge is 0.238 e. The van der Waals surface area contributed by atoms with Crippen molar-refractivity contribution in [2.24, 2.45) is 0 Å². The van der Waals surface area contributed by atoms with Crippen LogP contribution in [-0.2, 0) is 9.71 Å². The number of nitrogen functional groups attached to an aromatic ring is 1. The number of ether oxygens (including phenoxy) is 1. The number of aromatic nitrogens is 2. The Morgan fingerprint density at radius 3 is 2.49 bits per heavy atom. The van der Waals surface area contributed by atoms with Crippen molar-refractivity contribution in [2.45, 2.75) is 4.90 Å². The highest BCUT2D eigenvalue weighted by molar-refractivity contribution is 8.01. The summed E-state index contributed by atoms with van der Waals surface area (Å²) in [5.74, 6) is 2.17. The Morgan fingerprint density at radius 2 is 1.79 bits per heavy atom. The van der Waals surface area contributed by atoms with Gasteiger partial charge in [-0.3, -0.25) is 0 Å². The van der Waals surface area contributed by atoms with E-state index in [-0.39, 0.29) is 22.3 Å². The summed E-state index contributed by atoms with van der Waals surface area (Å²) in [4.78, 5) is 8.51. The minimum absolute atomic E-state index is 0.0944. The van der Waals surface area contributed by atoms with E-state index in [0.717, 1.165) is 17.7 Å². The van der Waals surface area contributed by atoms with Crippen LogP contribution in [0.15, 0.2) is 83.9 Å². The summed E-state index contributed by atoms with van der Waals surface area (Å²) in [6.07, 6.45) is 1.55. The number of fused-ring (bicyclic) bond motifs is 1. The van der Waals surface area contributed by atoms with Crippen LogP contribution in [0.25, 0.3) is 33.2 Å². The highest BCUT2D eigenvalue weighted by atomic mass is 32.2. The van der Waals surface area contributed by atoms with Gasteiger partial charge in [-0.1, -0.05) is 36.4 Å². The molecule has 2 aromatic heterocycles. The second-order valence-corrected chi connectivity index (χ2v) is 10.6. The highest BCUT2D eigenvalue weighted by Gasteiger charge is 2.19. The number of methoxy groups -OCH3 is 1. The van der Waals surface area contributed by atoms with Crippen LogP contribution in [0.3, 0.4) is 0 Å². The van der Waals surface area contributed by atoms with Crippen LogP contribution in [0.1, 0.15) is 5.56 Å². The Balaban J connectivity index is 1.62. The van der Waals surface area contributed by atoms with Gasteiger partial charge in [0.25, 0.3) is 0 Å². The molecule has 3 aromatic carbocycles. The van der Waals surface area contributed by atoms with Crippen molar-refractivity contribution in [1.82, 2.24) is 9.97 Å². The summed E-state index contributed by atoms with van der Waals surface area (Å²) in [7, 11) is -2.08. The minimum atomic E-state index is -3.46. The van der Waals surface area contributed by atoms with Crippen LogP contribution in [0.2, 0.25) is 0 Å². The Kier molecular flexibility index (Phi) is 6.60. The van der Waals surface area contributed by atoms with Crippen molar-refractivity contribution >= 4 is 38.0 Å². The summed E-state index contributed by atoms with van der Waals surface area (Å²) in [5.41, 5.74) is 9.90. The summed E-state index contributed by atoms with van der Waals surface area (Å²) in [6.45, 7) is 0. The summed E-state index contributed by atoms with van der Waals surface area (Å²) in [5, 5.41) is 10.7. The average molecular weight is 542 g/mol. The number of halogens is 2. The van der Waals surface area contributed by atoms with Gasteiger partial charge in [0.05, 0.1) is 32.8 Å². The maximum absolute atomic E-state index is 14.4. The molecule has 0 saturated carbocycles. The Bertz CT molecular complexity index is 1890. The van der Waals surface area contributed by atoms with Gasteiger partial charge in [0.1, 0.15) is 29.2 Å². The molecule has 0 amide bonds. The SMILES string of the molecule is C=S(=O)(Nc1cc(-c2ccc3nc(N)c(-c4ccccc4)c(C#N)c3c2)cnc1OC)c1ccc(F)cc1F. The molecule has 0 aliphatic heterocycles. The molecular weight excluding hydrogens is 520 g/mol. The van der Waals surface area contributed by atoms with Gasteiger partial charge >= 0.3 is 0 Å². The van der Waals surface area contributed by atoms with Gasteiger partial charge in [0.15, 0.2) is 0 Å². The third-order valence-corrected chi connectivity index (χ3v) is 7.68. The van der Waals surface area contributed by atoms with Crippen molar-refractivity contribution in [2.75, 3.05) is 17.6 Å². The predicted molar refractivity (Wildman–Crippen MR) is 150 cm³/mol. The highest BCUT2D eigenvalue weighted by Crippen LogP contribution is 2.36. The van der Waals surface area contributed by atoms with E-state index in [0.29, 0.717) is 39.2 Å². The first-order valence-corrected chi connectivity index (χ1v) is 13.3. The molecule has 7 nitrogen and oxygen atoms in total. The largest absolute Gasteiger partial charge is 0.480 e. The van der Waals surface area contributed by atoms with Gasteiger partial charge in [-0.25, -0.2) is 23.0 Å². The molecule has 39 heavy (non-hydrogen) atoms. The van der Waals surface area contributed by atoms with E-state index in [1.807, 2.05) is 30.3 Å². The molecule has 0 aliphatic carbocycles. The number of nitrogens with two attached hydrogens (primary N) is 1. The molecule has 5 aromatic rings. The van der Waals surface area contributed by atoms with E-state index in [1.54, 1.807) is 30.5 Å². The lowest BCUT2D eigenvalue weighted by molar-refractivity contribution is 0.400. The van der Waals surface area contributed by atoms with E-state index in [2.05, 4.69) is 26.6 Å². The Hall–Kier alpha value is -5.01. The first-order chi connectivity index (χ1) is 18.7. The van der Waals surface area contributed by atoms with Crippen LogP contribution in [-0.4, -0.2) is 27.2 Å². The fourth-order valence-corrected chi connectivity index (χ4v) is 5.57. The molecular formula is C29H21F2N5O2S. The first kappa shape index (κ1) is 25.6. The van der Waals surface area contributed by atoms with Gasteiger partial charge in [-0.05, 0) is 47.3 Å². The molecule has 0 bridgehead atoms. The zero-order valence-electron chi connectivity index (χ0n) is 20.6. The van der Waals surface area contributed by atoms with Crippen molar-refractivity contribution in [3.63, 3.8) is 0 Å². The maximum atomic E-state index is 14.4. The third-order valence-electron chi connectivity index (χ3n) is 6.09. The topological polar surface area (TPSA) is 114 Å². The zero-order chi connectivity index (χ0) is 27.7. The zero-order valence-corrected chi connectivity index (χ0v) is 21.4. The molecule has 10 heteroatoms. The second kappa shape index (κ2) is 10.0. The van der Waals surface area contributed by atoms with Crippen LogP contribution in [0.5, 0.6) is 5.88 Å². The molecule has 0 saturated heterocycles. The van der Waals surface area contributed by atoms with E-state index >= 15 is 0 Å². The average Bonchev–Trinajstić information content (AvgIpc) is 2.92. The predicted octanol–water partition coefficient (Wildman–Crippen LogP) is 5.81. The van der Waals surface area contributed by atoms with Crippen LogP contribution >= 0.6 is 0 Å². The van der Waals surface area contributed by atoms with Gasteiger partial charge < -0.3 is 15.2 Å². The van der Waals surface area contributed by atoms with E-state index < -0.39 is 21.3 Å². The number of hydrogen-bond donors (Lipinski definition) is 2. The van der Waals surface area contributed by atoms with Crippen LogP contribution < -0.4 is 15.2 Å². The van der Waals surface area contributed by atoms with Gasteiger partial charge in [0, 0.05) is 28.8 Å². The molecule has 3 N–H and O–H groups in total. The van der Waals surface area contributed by atoms with Crippen molar-refractivity contribution in [3.05, 3.63) is 96.2 Å². The van der Waals surface area contributed by atoms with E-state index in [1.165, 1.54) is 7.11 Å². The molecule has 0 aliphatic rings. The lowest BCUT2D eigenvalue weighted by Crippen LogP contribution is -2.15. The Morgan fingerprint density at radius 1 is 1.03 bits per heavy atom. The molecule has 1 unspecified atom stereocenters. The number of benzene rings is 3. The molecule has 1 atom stereocenters. The number of hydrogen-bond acceptors (Lipinski definition) is 6. The quantitative estimate of drug-likeness (QED) is 0.262. The standard InChI is InChI=1S/C29H21F2N5O2S/c1-38-29-25(36-39(2,37)26-11-9-20(30)14-23(26)31)13-19(16-34-29)18-8-10-24-21(12-18)22(15-32)27(28(33)35-24)17-6-4-3-5-7-17/h3-14,16H,2H2,1H3,(H2,33,35)(H,36,37). The van der Waals surface area contributed by atoms with Gasteiger partial charge in [0.2, 0.25) is 5.88 Å². The summed E-state index contributed by atoms with van der Waals surface area (Å²) < 4.78 is 49.1. The molecule has 0 fully saturated rings.